The topological polar surface area (TPSA) is 89.9 Å². The van der Waals surface area contributed by atoms with Gasteiger partial charge in [0.2, 0.25) is 0 Å². The molecule has 0 spiro atoms. The van der Waals surface area contributed by atoms with Crippen molar-refractivity contribution in [3.63, 3.8) is 0 Å². The zero-order valence-corrected chi connectivity index (χ0v) is 14.4. The molecule has 1 aliphatic rings. The van der Waals surface area contributed by atoms with Gasteiger partial charge in [-0.25, -0.2) is 9.67 Å². The molecule has 4 heterocycles. The van der Waals surface area contributed by atoms with Gasteiger partial charge in [0, 0.05) is 30.2 Å². The van der Waals surface area contributed by atoms with Crippen molar-refractivity contribution in [3.8, 4) is 11.3 Å². The maximum Gasteiger partial charge on any atom is 0.252 e. The Hall–Kier alpha value is -2.74. The third kappa shape index (κ3) is 3.12. The van der Waals surface area contributed by atoms with Gasteiger partial charge in [0.05, 0.1) is 17.8 Å². The Kier molecular flexibility index (Phi) is 4.19. The van der Waals surface area contributed by atoms with Crippen LogP contribution in [0.5, 0.6) is 0 Å². The van der Waals surface area contributed by atoms with Crippen LogP contribution in [0.25, 0.3) is 11.3 Å². The number of hydrogen-bond acceptors (Lipinski definition) is 6. The van der Waals surface area contributed by atoms with Crippen molar-refractivity contribution in [3.05, 3.63) is 46.9 Å². The Bertz CT molecular complexity index is 867. The lowest BCUT2D eigenvalue weighted by Crippen LogP contribution is -2.36. The molecule has 3 aromatic rings. The highest BCUT2D eigenvalue weighted by atomic mass is 32.1. The molecule has 1 fully saturated rings. The first-order valence-corrected chi connectivity index (χ1v) is 9.11. The van der Waals surface area contributed by atoms with Crippen LogP contribution in [0.1, 0.15) is 29.2 Å². The van der Waals surface area contributed by atoms with Crippen molar-refractivity contribution in [2.75, 3.05) is 18.0 Å². The lowest BCUT2D eigenvalue weighted by molar-refractivity contribution is 0.100. The Labute approximate surface area is 149 Å². The summed E-state index contributed by atoms with van der Waals surface area (Å²) in [4.78, 5) is 18.1. The SMILES string of the molecule is NC(=O)c1cccnc1N1CCC(n2cc(-c3ccsc3)nn2)CC1. The van der Waals surface area contributed by atoms with E-state index in [1.165, 1.54) is 0 Å². The van der Waals surface area contributed by atoms with Crippen molar-refractivity contribution >= 4 is 23.1 Å². The summed E-state index contributed by atoms with van der Waals surface area (Å²) in [6, 6.07) is 5.81. The largest absolute Gasteiger partial charge is 0.365 e. The van der Waals surface area contributed by atoms with Crippen molar-refractivity contribution in [2.24, 2.45) is 5.73 Å². The summed E-state index contributed by atoms with van der Waals surface area (Å²) in [5.41, 5.74) is 7.95. The minimum atomic E-state index is -0.443. The minimum absolute atomic E-state index is 0.303. The molecule has 0 saturated carbocycles. The normalized spacial score (nSPS) is 15.4. The summed E-state index contributed by atoms with van der Waals surface area (Å²) < 4.78 is 1.96. The summed E-state index contributed by atoms with van der Waals surface area (Å²) in [5, 5.41) is 12.7. The number of primary amides is 1. The minimum Gasteiger partial charge on any atom is -0.365 e. The molecule has 3 aromatic heterocycles. The van der Waals surface area contributed by atoms with E-state index in [1.807, 2.05) is 22.3 Å². The fourth-order valence-electron chi connectivity index (χ4n) is 3.18. The Morgan fingerprint density at radius 1 is 1.28 bits per heavy atom. The van der Waals surface area contributed by atoms with E-state index in [4.69, 9.17) is 5.73 Å². The van der Waals surface area contributed by atoms with Gasteiger partial charge in [-0.05, 0) is 36.4 Å². The molecule has 0 atom stereocenters. The Balaban J connectivity index is 1.46. The van der Waals surface area contributed by atoms with E-state index >= 15 is 0 Å². The predicted molar refractivity (Wildman–Crippen MR) is 96.6 cm³/mol. The highest BCUT2D eigenvalue weighted by molar-refractivity contribution is 7.08. The number of pyridine rings is 1. The number of carbonyl (C=O) groups is 1. The average Bonchev–Trinajstić information content (AvgIpc) is 3.33. The molecule has 0 unspecified atom stereocenters. The maximum absolute atomic E-state index is 11.6. The predicted octanol–water partition coefficient (Wildman–Crippen LogP) is 2.34. The molecule has 4 rings (SSSR count). The number of aromatic nitrogens is 4. The highest BCUT2D eigenvalue weighted by Gasteiger charge is 2.25. The zero-order valence-electron chi connectivity index (χ0n) is 13.6. The van der Waals surface area contributed by atoms with Gasteiger partial charge in [0.1, 0.15) is 11.5 Å². The molecule has 2 N–H and O–H groups in total. The molecule has 0 aliphatic carbocycles. The summed E-state index contributed by atoms with van der Waals surface area (Å²) >= 11 is 1.65. The standard InChI is InChI=1S/C17H18N6OS/c18-16(24)14-2-1-6-19-17(14)22-7-3-13(4-8-22)23-10-15(20-21-23)12-5-9-25-11-12/h1-2,5-6,9-11,13H,3-4,7-8H2,(H2,18,24). The van der Waals surface area contributed by atoms with E-state index in [0.717, 1.165) is 37.2 Å². The summed E-state index contributed by atoms with van der Waals surface area (Å²) in [5.74, 6) is 0.230. The van der Waals surface area contributed by atoms with Crippen LogP contribution in [0.4, 0.5) is 5.82 Å². The molecule has 7 nitrogen and oxygen atoms in total. The van der Waals surface area contributed by atoms with E-state index in [-0.39, 0.29) is 0 Å². The average molecular weight is 354 g/mol. The Morgan fingerprint density at radius 3 is 2.84 bits per heavy atom. The van der Waals surface area contributed by atoms with E-state index in [0.29, 0.717) is 17.4 Å². The monoisotopic (exact) mass is 354 g/mol. The molecular formula is C17H18N6OS. The second-order valence-corrected chi connectivity index (χ2v) is 6.83. The van der Waals surface area contributed by atoms with Gasteiger partial charge in [-0.3, -0.25) is 4.79 Å². The van der Waals surface area contributed by atoms with E-state index in [2.05, 4.69) is 25.6 Å². The summed E-state index contributed by atoms with van der Waals surface area (Å²) in [6.45, 7) is 1.60. The smallest absolute Gasteiger partial charge is 0.252 e. The number of nitrogens with two attached hydrogens (primary N) is 1. The fraction of sp³-hybridized carbons (Fsp3) is 0.294. The number of carbonyl (C=O) groups excluding carboxylic acids is 1. The summed E-state index contributed by atoms with van der Waals surface area (Å²) in [7, 11) is 0. The van der Waals surface area contributed by atoms with Gasteiger partial charge in [-0.15, -0.1) is 5.10 Å². The van der Waals surface area contributed by atoms with Gasteiger partial charge < -0.3 is 10.6 Å². The highest BCUT2D eigenvalue weighted by Crippen LogP contribution is 2.28. The van der Waals surface area contributed by atoms with Gasteiger partial charge in [-0.2, -0.15) is 11.3 Å². The fourth-order valence-corrected chi connectivity index (χ4v) is 3.83. The molecule has 0 bridgehead atoms. The summed E-state index contributed by atoms with van der Waals surface area (Å²) in [6.07, 6.45) is 5.54. The number of nitrogens with zero attached hydrogens (tertiary/aromatic N) is 5. The van der Waals surface area contributed by atoms with Gasteiger partial charge in [0.25, 0.3) is 5.91 Å². The van der Waals surface area contributed by atoms with E-state index < -0.39 is 5.91 Å². The van der Waals surface area contributed by atoms with Crippen LogP contribution < -0.4 is 10.6 Å². The lowest BCUT2D eigenvalue weighted by atomic mass is 10.0. The molecule has 1 amide bonds. The molecule has 8 heteroatoms. The maximum atomic E-state index is 11.6. The van der Waals surface area contributed by atoms with E-state index in [9.17, 15) is 4.79 Å². The van der Waals surface area contributed by atoms with Crippen LogP contribution in [0, 0.1) is 0 Å². The lowest BCUT2D eigenvalue weighted by Gasteiger charge is -2.33. The molecule has 0 aromatic carbocycles. The quantitative estimate of drug-likeness (QED) is 0.777. The molecule has 0 radical (unpaired) electrons. The number of amides is 1. The second-order valence-electron chi connectivity index (χ2n) is 6.05. The van der Waals surface area contributed by atoms with Crippen LogP contribution in [-0.4, -0.2) is 39.0 Å². The van der Waals surface area contributed by atoms with Crippen LogP contribution in [0.15, 0.2) is 41.4 Å². The molecule has 128 valence electrons. The van der Waals surface area contributed by atoms with Gasteiger partial charge >= 0.3 is 0 Å². The van der Waals surface area contributed by atoms with Crippen LogP contribution in [0.2, 0.25) is 0 Å². The second kappa shape index (κ2) is 6.64. The van der Waals surface area contributed by atoms with Crippen molar-refractivity contribution in [1.29, 1.82) is 0 Å². The molecule has 1 aliphatic heterocycles. The number of piperidine rings is 1. The van der Waals surface area contributed by atoms with Crippen molar-refractivity contribution in [1.82, 2.24) is 20.0 Å². The molecule has 1 saturated heterocycles. The Morgan fingerprint density at radius 2 is 2.12 bits per heavy atom. The van der Waals surface area contributed by atoms with Crippen molar-refractivity contribution in [2.45, 2.75) is 18.9 Å². The zero-order chi connectivity index (χ0) is 17.2. The van der Waals surface area contributed by atoms with Crippen LogP contribution in [-0.2, 0) is 0 Å². The first kappa shape index (κ1) is 15.8. The van der Waals surface area contributed by atoms with Crippen molar-refractivity contribution < 1.29 is 4.79 Å². The van der Waals surface area contributed by atoms with Gasteiger partial charge in [-0.1, -0.05) is 5.21 Å². The number of anilines is 1. The number of hydrogen-bond donors (Lipinski definition) is 1. The molecule has 25 heavy (non-hydrogen) atoms. The third-order valence-corrected chi connectivity index (χ3v) is 5.20. The first-order valence-electron chi connectivity index (χ1n) is 8.16. The van der Waals surface area contributed by atoms with Crippen LogP contribution in [0.3, 0.4) is 0 Å². The first-order chi connectivity index (χ1) is 12.2. The third-order valence-electron chi connectivity index (χ3n) is 4.52. The number of rotatable bonds is 4. The van der Waals surface area contributed by atoms with E-state index in [1.54, 1.807) is 29.7 Å². The van der Waals surface area contributed by atoms with Gasteiger partial charge in [0.15, 0.2) is 0 Å². The molecular weight excluding hydrogens is 336 g/mol. The van der Waals surface area contributed by atoms with Crippen LogP contribution >= 0.6 is 11.3 Å². The number of thiophene rings is 1.